The zero-order valence-corrected chi connectivity index (χ0v) is 14.4. The van der Waals surface area contributed by atoms with Crippen LogP contribution in [0.2, 0.25) is 0 Å². The van der Waals surface area contributed by atoms with Gasteiger partial charge < -0.3 is 20.0 Å². The number of urea groups is 1. The largest absolute Gasteiger partial charge is 0.354 e. The first-order chi connectivity index (χ1) is 11.7. The van der Waals surface area contributed by atoms with Gasteiger partial charge in [0.1, 0.15) is 12.1 Å². The third kappa shape index (κ3) is 3.31. The maximum absolute atomic E-state index is 12.3. The lowest BCUT2D eigenvalue weighted by molar-refractivity contribution is 0.199. The highest BCUT2D eigenvalue weighted by Gasteiger charge is 2.28. The van der Waals surface area contributed by atoms with E-state index in [1.54, 1.807) is 6.33 Å². The average molecular weight is 330 g/mol. The number of aromatic nitrogens is 2. The molecular formula is C17H26N6O. The molecule has 7 nitrogen and oxygen atoms in total. The Balaban J connectivity index is 1.48. The zero-order chi connectivity index (χ0) is 16.5. The molecule has 130 valence electrons. The van der Waals surface area contributed by atoms with Crippen LogP contribution >= 0.6 is 0 Å². The van der Waals surface area contributed by atoms with Crippen LogP contribution in [-0.4, -0.2) is 78.2 Å². The van der Waals surface area contributed by atoms with E-state index < -0.39 is 0 Å². The van der Waals surface area contributed by atoms with E-state index in [4.69, 9.17) is 0 Å². The van der Waals surface area contributed by atoms with Crippen LogP contribution in [-0.2, 0) is 12.8 Å². The van der Waals surface area contributed by atoms with Gasteiger partial charge in [0.25, 0.3) is 0 Å². The predicted molar refractivity (Wildman–Crippen MR) is 92.3 cm³/mol. The van der Waals surface area contributed by atoms with Crippen molar-refractivity contribution in [2.75, 3.05) is 51.2 Å². The number of hydrogen-bond donors (Lipinski definition) is 1. The summed E-state index contributed by atoms with van der Waals surface area (Å²) in [5, 5.41) is 3.10. The second kappa shape index (κ2) is 6.55. The number of carbonyl (C=O) groups is 1. The Morgan fingerprint density at radius 3 is 2.58 bits per heavy atom. The van der Waals surface area contributed by atoms with Crippen molar-refractivity contribution in [1.29, 1.82) is 0 Å². The van der Waals surface area contributed by atoms with E-state index in [1.807, 2.05) is 4.90 Å². The van der Waals surface area contributed by atoms with Crippen molar-refractivity contribution in [3.63, 3.8) is 0 Å². The predicted octanol–water partition coefficient (Wildman–Crippen LogP) is 0.501. The number of nitrogens with one attached hydrogen (secondary N) is 1. The third-order valence-corrected chi connectivity index (χ3v) is 5.26. The summed E-state index contributed by atoms with van der Waals surface area (Å²) in [6, 6.07) is 0.489. The molecule has 1 aromatic heterocycles. The van der Waals surface area contributed by atoms with E-state index >= 15 is 0 Å². The molecule has 2 amide bonds. The Morgan fingerprint density at radius 1 is 1.08 bits per heavy atom. The summed E-state index contributed by atoms with van der Waals surface area (Å²) < 4.78 is 0. The number of nitrogens with zero attached hydrogens (tertiary/aromatic N) is 5. The normalized spacial score (nSPS) is 22.0. The summed E-state index contributed by atoms with van der Waals surface area (Å²) in [6.07, 6.45) is 5.59. The highest BCUT2D eigenvalue weighted by atomic mass is 16.2. The number of carbonyl (C=O) groups excluding carboxylic acids is 1. The molecule has 24 heavy (non-hydrogen) atoms. The fourth-order valence-corrected chi connectivity index (χ4v) is 3.50. The van der Waals surface area contributed by atoms with Crippen LogP contribution in [0.5, 0.6) is 0 Å². The van der Waals surface area contributed by atoms with Crippen molar-refractivity contribution in [1.82, 2.24) is 25.1 Å². The molecule has 0 radical (unpaired) electrons. The topological polar surface area (TPSA) is 64.6 Å². The van der Waals surface area contributed by atoms with Gasteiger partial charge in [-0.1, -0.05) is 0 Å². The van der Waals surface area contributed by atoms with Gasteiger partial charge in [0, 0.05) is 57.3 Å². The molecule has 4 rings (SSSR count). The molecule has 0 bridgehead atoms. The quantitative estimate of drug-likeness (QED) is 0.855. The van der Waals surface area contributed by atoms with Crippen LogP contribution in [0.3, 0.4) is 0 Å². The van der Waals surface area contributed by atoms with E-state index in [2.05, 4.69) is 32.1 Å². The summed E-state index contributed by atoms with van der Waals surface area (Å²) in [5.41, 5.74) is 2.35. The lowest BCUT2D eigenvalue weighted by Crippen LogP contribution is -2.45. The Labute approximate surface area is 143 Å². The molecule has 1 saturated heterocycles. The van der Waals surface area contributed by atoms with Gasteiger partial charge in [-0.25, -0.2) is 14.8 Å². The van der Waals surface area contributed by atoms with Crippen LogP contribution in [0.25, 0.3) is 0 Å². The molecule has 0 spiro atoms. The number of rotatable bonds is 2. The molecule has 2 fully saturated rings. The van der Waals surface area contributed by atoms with Gasteiger partial charge in [-0.15, -0.1) is 0 Å². The molecular weight excluding hydrogens is 304 g/mol. The van der Waals surface area contributed by atoms with E-state index in [1.165, 1.54) is 5.56 Å². The molecule has 1 aromatic rings. The van der Waals surface area contributed by atoms with Gasteiger partial charge >= 0.3 is 6.03 Å². The highest BCUT2D eigenvalue weighted by Crippen LogP contribution is 2.25. The fraction of sp³-hybridized carbons (Fsp3) is 0.706. The first-order valence-corrected chi connectivity index (χ1v) is 9.02. The van der Waals surface area contributed by atoms with Crippen molar-refractivity contribution >= 4 is 11.8 Å². The number of likely N-dealkylation sites (N-methyl/N-ethyl adjacent to an activating group) is 1. The van der Waals surface area contributed by atoms with Gasteiger partial charge in [-0.2, -0.15) is 0 Å². The monoisotopic (exact) mass is 330 g/mol. The second-order valence-electron chi connectivity index (χ2n) is 7.12. The van der Waals surface area contributed by atoms with Gasteiger partial charge in [0.15, 0.2) is 0 Å². The minimum absolute atomic E-state index is 0.0828. The molecule has 1 saturated carbocycles. The molecule has 1 aliphatic carbocycles. The number of amides is 2. The first-order valence-electron chi connectivity index (χ1n) is 9.02. The first kappa shape index (κ1) is 15.6. The van der Waals surface area contributed by atoms with Crippen molar-refractivity contribution in [2.24, 2.45) is 0 Å². The van der Waals surface area contributed by atoms with E-state index in [-0.39, 0.29) is 6.03 Å². The minimum atomic E-state index is 0.0828. The summed E-state index contributed by atoms with van der Waals surface area (Å²) in [5.74, 6) is 1.08. The summed E-state index contributed by atoms with van der Waals surface area (Å²) in [7, 11) is 2.16. The zero-order valence-electron chi connectivity index (χ0n) is 14.4. The molecule has 1 N–H and O–H groups in total. The Bertz CT molecular complexity index is 609. The Kier molecular flexibility index (Phi) is 4.26. The summed E-state index contributed by atoms with van der Waals surface area (Å²) >= 11 is 0. The Morgan fingerprint density at radius 2 is 1.83 bits per heavy atom. The second-order valence-corrected chi connectivity index (χ2v) is 7.12. The Hall–Kier alpha value is -1.89. The number of piperazine rings is 1. The van der Waals surface area contributed by atoms with Crippen LogP contribution < -0.4 is 10.2 Å². The number of anilines is 1. The van der Waals surface area contributed by atoms with Crippen LogP contribution in [0.15, 0.2) is 6.33 Å². The minimum Gasteiger partial charge on any atom is -0.354 e. The number of fused-ring (bicyclic) bond motifs is 1. The van der Waals surface area contributed by atoms with E-state index in [0.717, 1.165) is 76.5 Å². The maximum atomic E-state index is 12.3. The van der Waals surface area contributed by atoms with Crippen LogP contribution in [0.1, 0.15) is 24.1 Å². The van der Waals surface area contributed by atoms with Gasteiger partial charge in [0.05, 0.1) is 5.69 Å². The lowest BCUT2D eigenvalue weighted by Gasteiger charge is -2.34. The highest BCUT2D eigenvalue weighted by molar-refractivity contribution is 5.75. The van der Waals surface area contributed by atoms with Crippen molar-refractivity contribution < 1.29 is 4.79 Å². The smallest absolute Gasteiger partial charge is 0.317 e. The molecule has 3 aliphatic rings. The molecule has 0 atom stereocenters. The van der Waals surface area contributed by atoms with Crippen molar-refractivity contribution in [2.45, 2.75) is 31.7 Å². The standard InChI is InChI=1S/C17H26N6O/c1-21-8-10-22(11-9-21)16-14-4-6-23(17(24)20-13-2-3-13)7-5-15(14)18-12-19-16/h12-13H,2-11H2,1H3,(H,20,24). The molecule has 3 heterocycles. The van der Waals surface area contributed by atoms with Gasteiger partial charge in [-0.05, 0) is 26.3 Å². The molecule has 7 heteroatoms. The number of hydrogen-bond acceptors (Lipinski definition) is 5. The van der Waals surface area contributed by atoms with E-state index in [0.29, 0.717) is 6.04 Å². The lowest BCUT2D eigenvalue weighted by atomic mass is 10.1. The van der Waals surface area contributed by atoms with Crippen LogP contribution in [0, 0.1) is 0 Å². The molecule has 0 aromatic carbocycles. The van der Waals surface area contributed by atoms with Crippen molar-refractivity contribution in [3.05, 3.63) is 17.6 Å². The SMILES string of the molecule is CN1CCN(c2ncnc3c2CCN(C(=O)NC2CC2)CC3)CC1. The molecule has 0 unspecified atom stereocenters. The molecule has 2 aliphatic heterocycles. The van der Waals surface area contributed by atoms with E-state index in [9.17, 15) is 4.79 Å². The summed E-state index contributed by atoms with van der Waals surface area (Å²) in [4.78, 5) is 28.1. The third-order valence-electron chi connectivity index (χ3n) is 5.26. The van der Waals surface area contributed by atoms with Crippen molar-refractivity contribution in [3.8, 4) is 0 Å². The van der Waals surface area contributed by atoms with Gasteiger partial charge in [0.2, 0.25) is 0 Å². The van der Waals surface area contributed by atoms with Gasteiger partial charge in [-0.3, -0.25) is 0 Å². The fourth-order valence-electron chi connectivity index (χ4n) is 3.50. The van der Waals surface area contributed by atoms with Crippen LogP contribution in [0.4, 0.5) is 10.6 Å². The maximum Gasteiger partial charge on any atom is 0.317 e. The average Bonchev–Trinajstić information content (AvgIpc) is 3.41. The summed E-state index contributed by atoms with van der Waals surface area (Å²) in [6.45, 7) is 5.63.